The monoisotopic (exact) mass is 419 g/mol. The van der Waals surface area contributed by atoms with Crippen molar-refractivity contribution in [1.82, 2.24) is 15.0 Å². The predicted molar refractivity (Wildman–Crippen MR) is 105 cm³/mol. The Hall–Kier alpha value is -3.36. The summed E-state index contributed by atoms with van der Waals surface area (Å²) in [6.07, 6.45) is -1.91. The number of phenols is 1. The lowest BCUT2D eigenvalue weighted by atomic mass is 9.85. The first-order chi connectivity index (χ1) is 13.9. The van der Waals surface area contributed by atoms with Gasteiger partial charge in [-0.25, -0.2) is 4.79 Å². The molecule has 1 aromatic heterocycles. The molecule has 2 aromatic carbocycles. The second kappa shape index (κ2) is 7.47. The molecule has 1 N–H and O–H groups in total. The summed E-state index contributed by atoms with van der Waals surface area (Å²) in [7, 11) is 1.24. The number of hydrogen-bond donors (Lipinski definition) is 1. The number of benzene rings is 2. The van der Waals surface area contributed by atoms with Crippen molar-refractivity contribution in [2.75, 3.05) is 7.11 Å². The number of hydrogen-bond acceptors (Lipinski definition) is 5. The molecular weight excluding hydrogens is 399 g/mol. The summed E-state index contributed by atoms with van der Waals surface area (Å²) in [4.78, 5) is 12.4. The number of phenolic OH excluding ortho intramolecular Hbond substituents is 1. The molecule has 0 aliphatic carbocycles. The molecule has 0 atom stereocenters. The highest BCUT2D eigenvalue weighted by atomic mass is 19.4. The van der Waals surface area contributed by atoms with E-state index in [1.54, 1.807) is 6.07 Å². The van der Waals surface area contributed by atoms with Gasteiger partial charge in [0.25, 0.3) is 0 Å². The first-order valence-electron chi connectivity index (χ1n) is 8.99. The minimum atomic E-state index is -4.59. The van der Waals surface area contributed by atoms with E-state index in [9.17, 15) is 23.1 Å². The van der Waals surface area contributed by atoms with Gasteiger partial charge in [-0.05, 0) is 41.3 Å². The number of aromatic nitrogens is 3. The molecule has 158 valence electrons. The number of methoxy groups -OCH3 is 1. The van der Waals surface area contributed by atoms with Crippen molar-refractivity contribution in [2.24, 2.45) is 0 Å². The SMILES string of the molecule is COC(=O)C=Cc1cc(-n2nc3cccc(C(F)(F)F)c3n2)c(O)c(C(C)(C)C)c1. The maximum absolute atomic E-state index is 13.3. The number of nitrogens with zero attached hydrogens (tertiary/aromatic N) is 3. The fourth-order valence-corrected chi connectivity index (χ4v) is 2.97. The third-order valence-electron chi connectivity index (χ3n) is 4.47. The standard InChI is InChI=1S/C21H20F3N3O3/c1-20(2,3)14-10-12(8-9-17(28)30-4)11-16(19(14)29)27-25-15-7-5-6-13(18(15)26-27)21(22,23)24/h5-11,29H,1-4H3. The minimum absolute atomic E-state index is 0.0389. The summed E-state index contributed by atoms with van der Waals surface area (Å²) in [6, 6.07) is 6.76. The van der Waals surface area contributed by atoms with Crippen LogP contribution in [0.15, 0.2) is 36.4 Å². The molecular formula is C21H20F3N3O3. The van der Waals surface area contributed by atoms with Gasteiger partial charge in [0.2, 0.25) is 0 Å². The molecule has 30 heavy (non-hydrogen) atoms. The number of carbonyl (C=O) groups excluding carboxylic acids is 1. The molecule has 0 spiro atoms. The van der Waals surface area contributed by atoms with Gasteiger partial charge in [-0.3, -0.25) is 0 Å². The molecule has 0 amide bonds. The van der Waals surface area contributed by atoms with Gasteiger partial charge in [-0.15, -0.1) is 15.0 Å². The first-order valence-corrected chi connectivity index (χ1v) is 8.99. The van der Waals surface area contributed by atoms with Crippen LogP contribution in [0.3, 0.4) is 0 Å². The van der Waals surface area contributed by atoms with E-state index in [0.717, 1.165) is 10.9 Å². The summed E-state index contributed by atoms with van der Waals surface area (Å²) in [5, 5.41) is 19.0. The average molecular weight is 419 g/mol. The van der Waals surface area contributed by atoms with Gasteiger partial charge in [0, 0.05) is 11.6 Å². The summed E-state index contributed by atoms with van der Waals surface area (Å²) in [5.41, 5.74) is -0.566. The Morgan fingerprint density at radius 2 is 1.83 bits per heavy atom. The second-order valence-corrected chi connectivity index (χ2v) is 7.70. The number of rotatable bonds is 3. The molecule has 0 aliphatic heterocycles. The van der Waals surface area contributed by atoms with Crippen molar-refractivity contribution in [3.8, 4) is 11.4 Å². The number of alkyl halides is 3. The van der Waals surface area contributed by atoms with Crippen molar-refractivity contribution in [1.29, 1.82) is 0 Å². The molecule has 3 aromatic rings. The molecule has 0 saturated carbocycles. The second-order valence-electron chi connectivity index (χ2n) is 7.70. The summed E-state index contributed by atoms with van der Waals surface area (Å²) in [6.45, 7) is 5.61. The van der Waals surface area contributed by atoms with Crippen LogP contribution in [0.4, 0.5) is 13.2 Å². The normalized spacial score (nSPS) is 12.6. The Kier molecular flexibility index (Phi) is 5.32. The van der Waals surface area contributed by atoms with Gasteiger partial charge < -0.3 is 9.84 Å². The van der Waals surface area contributed by atoms with E-state index < -0.39 is 23.1 Å². The van der Waals surface area contributed by atoms with Gasteiger partial charge >= 0.3 is 12.1 Å². The lowest BCUT2D eigenvalue weighted by Gasteiger charge is -2.22. The molecule has 0 fully saturated rings. The van der Waals surface area contributed by atoms with E-state index in [2.05, 4.69) is 14.9 Å². The summed E-state index contributed by atoms with van der Waals surface area (Å²) in [5.74, 6) is -0.730. The maximum atomic E-state index is 13.3. The molecule has 9 heteroatoms. The van der Waals surface area contributed by atoms with E-state index in [0.29, 0.717) is 11.1 Å². The Labute approximate surface area is 170 Å². The predicted octanol–water partition coefficient (Wildman–Crippen LogP) is 4.63. The maximum Gasteiger partial charge on any atom is 0.418 e. The van der Waals surface area contributed by atoms with Gasteiger partial charge in [0.05, 0.1) is 12.7 Å². The number of esters is 1. The molecule has 0 saturated heterocycles. The number of halogens is 3. The van der Waals surface area contributed by atoms with Crippen LogP contribution in [-0.4, -0.2) is 33.2 Å². The van der Waals surface area contributed by atoms with Crippen molar-refractivity contribution in [3.63, 3.8) is 0 Å². The van der Waals surface area contributed by atoms with Crippen LogP contribution < -0.4 is 0 Å². The summed E-state index contributed by atoms with van der Waals surface area (Å²) >= 11 is 0. The Morgan fingerprint density at radius 1 is 1.13 bits per heavy atom. The van der Waals surface area contributed by atoms with Crippen LogP contribution in [0.1, 0.15) is 37.5 Å². The van der Waals surface area contributed by atoms with E-state index >= 15 is 0 Å². The molecule has 0 radical (unpaired) electrons. The molecule has 0 bridgehead atoms. The Balaban J connectivity index is 2.24. The minimum Gasteiger partial charge on any atom is -0.505 e. The number of fused-ring (bicyclic) bond motifs is 1. The lowest BCUT2D eigenvalue weighted by Crippen LogP contribution is -2.13. The fraction of sp³-hybridized carbons (Fsp3) is 0.286. The summed E-state index contributed by atoms with van der Waals surface area (Å²) < 4.78 is 44.6. The van der Waals surface area contributed by atoms with Gasteiger partial charge in [-0.2, -0.15) is 13.2 Å². The smallest absolute Gasteiger partial charge is 0.418 e. The van der Waals surface area contributed by atoms with Gasteiger partial charge in [-0.1, -0.05) is 26.8 Å². The van der Waals surface area contributed by atoms with Gasteiger partial charge in [0.1, 0.15) is 22.5 Å². The molecule has 1 heterocycles. The number of aromatic hydroxyl groups is 1. The molecule has 0 aliphatic rings. The van der Waals surface area contributed by atoms with Crippen LogP contribution in [0.2, 0.25) is 0 Å². The molecule has 0 unspecified atom stereocenters. The van der Waals surface area contributed by atoms with Crippen LogP contribution in [0.25, 0.3) is 22.8 Å². The Bertz CT molecular complexity index is 1140. The Morgan fingerprint density at radius 3 is 2.43 bits per heavy atom. The molecule has 3 rings (SSSR count). The zero-order valence-electron chi connectivity index (χ0n) is 16.8. The van der Waals surface area contributed by atoms with Crippen LogP contribution >= 0.6 is 0 Å². The largest absolute Gasteiger partial charge is 0.505 e. The van der Waals surface area contributed by atoms with Gasteiger partial charge in [0.15, 0.2) is 0 Å². The quantitative estimate of drug-likeness (QED) is 0.495. The highest BCUT2D eigenvalue weighted by Gasteiger charge is 2.34. The highest BCUT2D eigenvalue weighted by molar-refractivity contribution is 5.87. The first kappa shape index (κ1) is 21.4. The lowest BCUT2D eigenvalue weighted by molar-refractivity contribution is -0.136. The van der Waals surface area contributed by atoms with Crippen molar-refractivity contribution in [3.05, 3.63) is 53.1 Å². The molecule has 6 nitrogen and oxygen atoms in total. The number of carbonyl (C=O) groups is 1. The third kappa shape index (κ3) is 4.14. The topological polar surface area (TPSA) is 77.2 Å². The zero-order chi connectivity index (χ0) is 22.3. The van der Waals surface area contributed by atoms with E-state index in [4.69, 9.17) is 0 Å². The van der Waals surface area contributed by atoms with Crippen LogP contribution in [0.5, 0.6) is 5.75 Å². The van der Waals surface area contributed by atoms with Crippen LogP contribution in [0, 0.1) is 0 Å². The zero-order valence-corrected chi connectivity index (χ0v) is 16.8. The number of ether oxygens (including phenoxy) is 1. The van der Waals surface area contributed by atoms with Crippen LogP contribution in [-0.2, 0) is 21.1 Å². The third-order valence-corrected chi connectivity index (χ3v) is 4.47. The van der Waals surface area contributed by atoms with E-state index in [-0.39, 0.29) is 22.5 Å². The van der Waals surface area contributed by atoms with Crippen molar-refractivity contribution < 1.29 is 27.8 Å². The average Bonchev–Trinajstić information content (AvgIpc) is 3.08. The van der Waals surface area contributed by atoms with E-state index in [1.165, 1.54) is 37.5 Å². The van der Waals surface area contributed by atoms with Crippen molar-refractivity contribution in [2.45, 2.75) is 32.4 Å². The van der Waals surface area contributed by atoms with Crippen molar-refractivity contribution >= 4 is 23.1 Å². The fourth-order valence-electron chi connectivity index (χ4n) is 2.97. The van der Waals surface area contributed by atoms with E-state index in [1.807, 2.05) is 20.8 Å². The highest BCUT2D eigenvalue weighted by Crippen LogP contribution is 2.38.